The summed E-state index contributed by atoms with van der Waals surface area (Å²) >= 11 is 0. The standard InChI is InChI=1S/C58H115NO5/c1-4-7-10-13-16-19-22-25-27-28-30-32-34-37-40-43-46-49-54(64-58(63)51-48-45-42-39-36-33-29-26-23-20-17-14-11-8-5-2)52-57(62)59-55(53-60)56(61)50-47-44-41-38-35-31-24-21-18-15-12-9-6-3/h54-56,60-61H,4-53H2,1-3H3,(H,59,62). The van der Waals surface area contributed by atoms with Gasteiger partial charge >= 0.3 is 5.97 Å². The van der Waals surface area contributed by atoms with Gasteiger partial charge in [0.1, 0.15) is 6.10 Å². The molecular weight excluding hydrogens is 791 g/mol. The van der Waals surface area contributed by atoms with Gasteiger partial charge in [0.15, 0.2) is 0 Å². The molecule has 0 heterocycles. The number of amides is 1. The normalized spacial score (nSPS) is 13.0. The summed E-state index contributed by atoms with van der Waals surface area (Å²) in [6.45, 7) is 6.54. The van der Waals surface area contributed by atoms with Crippen LogP contribution in [0.2, 0.25) is 0 Å². The summed E-state index contributed by atoms with van der Waals surface area (Å²) < 4.78 is 5.97. The fraction of sp³-hybridized carbons (Fsp3) is 0.966. The maximum absolute atomic E-state index is 13.3. The lowest BCUT2D eigenvalue weighted by Gasteiger charge is -2.24. The summed E-state index contributed by atoms with van der Waals surface area (Å²) in [7, 11) is 0. The Hall–Kier alpha value is -1.14. The molecule has 0 bridgehead atoms. The van der Waals surface area contributed by atoms with Gasteiger partial charge in [0.25, 0.3) is 0 Å². The molecule has 0 aromatic heterocycles. The summed E-state index contributed by atoms with van der Waals surface area (Å²) in [6.07, 6.45) is 58.8. The van der Waals surface area contributed by atoms with E-state index in [4.69, 9.17) is 4.74 Å². The zero-order valence-electron chi connectivity index (χ0n) is 43.7. The van der Waals surface area contributed by atoms with Crippen molar-refractivity contribution in [3.63, 3.8) is 0 Å². The highest BCUT2D eigenvalue weighted by Gasteiger charge is 2.24. The first-order chi connectivity index (χ1) is 31.5. The molecule has 0 spiro atoms. The number of rotatable bonds is 54. The second kappa shape index (κ2) is 52.8. The van der Waals surface area contributed by atoms with Gasteiger partial charge in [-0.25, -0.2) is 0 Å². The maximum atomic E-state index is 13.3. The first-order valence-corrected chi connectivity index (χ1v) is 29.3. The van der Waals surface area contributed by atoms with Crippen molar-refractivity contribution >= 4 is 11.9 Å². The number of unbranched alkanes of at least 4 members (excludes halogenated alkanes) is 42. The van der Waals surface area contributed by atoms with Crippen LogP contribution in [0.25, 0.3) is 0 Å². The molecule has 3 unspecified atom stereocenters. The van der Waals surface area contributed by atoms with Crippen molar-refractivity contribution < 1.29 is 24.5 Å². The van der Waals surface area contributed by atoms with Crippen molar-refractivity contribution in [1.29, 1.82) is 0 Å². The van der Waals surface area contributed by atoms with E-state index < -0.39 is 18.2 Å². The van der Waals surface area contributed by atoms with E-state index in [1.165, 1.54) is 250 Å². The Labute approximate surface area is 400 Å². The highest BCUT2D eigenvalue weighted by atomic mass is 16.5. The first-order valence-electron chi connectivity index (χ1n) is 29.3. The Balaban J connectivity index is 4.49. The molecule has 0 aromatic carbocycles. The molecule has 0 aromatic rings. The molecule has 1 amide bonds. The minimum absolute atomic E-state index is 0.0887. The van der Waals surface area contributed by atoms with Gasteiger partial charge in [0, 0.05) is 6.42 Å². The van der Waals surface area contributed by atoms with E-state index in [2.05, 4.69) is 26.1 Å². The van der Waals surface area contributed by atoms with Gasteiger partial charge in [-0.15, -0.1) is 0 Å². The summed E-state index contributed by atoms with van der Waals surface area (Å²) in [5.41, 5.74) is 0. The van der Waals surface area contributed by atoms with E-state index in [1.807, 2.05) is 0 Å². The smallest absolute Gasteiger partial charge is 0.306 e. The van der Waals surface area contributed by atoms with Crippen LogP contribution in [0.4, 0.5) is 0 Å². The average molecular weight is 907 g/mol. The van der Waals surface area contributed by atoms with Crippen molar-refractivity contribution in [2.24, 2.45) is 0 Å². The summed E-state index contributed by atoms with van der Waals surface area (Å²) in [5, 5.41) is 23.9. The zero-order valence-corrected chi connectivity index (χ0v) is 43.7. The van der Waals surface area contributed by atoms with Crippen molar-refractivity contribution in [2.45, 2.75) is 354 Å². The van der Waals surface area contributed by atoms with E-state index >= 15 is 0 Å². The van der Waals surface area contributed by atoms with Gasteiger partial charge in [-0.3, -0.25) is 9.59 Å². The molecule has 3 N–H and O–H groups in total. The van der Waals surface area contributed by atoms with Crippen molar-refractivity contribution in [1.82, 2.24) is 5.32 Å². The number of hydrogen-bond donors (Lipinski definition) is 3. The molecule has 6 heteroatoms. The third-order valence-corrected chi connectivity index (χ3v) is 13.9. The number of nitrogens with one attached hydrogen (secondary N) is 1. The molecule has 0 aliphatic heterocycles. The number of carbonyl (C=O) groups is 2. The molecule has 0 aliphatic rings. The van der Waals surface area contributed by atoms with Gasteiger partial charge in [0.2, 0.25) is 5.91 Å². The van der Waals surface area contributed by atoms with Crippen LogP contribution in [0.15, 0.2) is 0 Å². The topological polar surface area (TPSA) is 95.9 Å². The monoisotopic (exact) mass is 906 g/mol. The molecule has 0 saturated carbocycles. The number of hydrogen-bond acceptors (Lipinski definition) is 5. The summed E-state index contributed by atoms with van der Waals surface area (Å²) in [5.74, 6) is -0.444. The Bertz CT molecular complexity index is 928. The first kappa shape index (κ1) is 62.9. The lowest BCUT2D eigenvalue weighted by molar-refractivity contribution is -0.151. The third kappa shape index (κ3) is 47.4. The third-order valence-electron chi connectivity index (χ3n) is 13.9. The van der Waals surface area contributed by atoms with E-state index in [-0.39, 0.29) is 24.9 Å². The molecule has 0 radical (unpaired) electrons. The fourth-order valence-corrected chi connectivity index (χ4v) is 9.49. The predicted octanol–water partition coefficient (Wildman–Crippen LogP) is 17.9. The number of aliphatic hydroxyl groups is 2. The van der Waals surface area contributed by atoms with E-state index in [1.54, 1.807) is 0 Å². The molecule has 0 fully saturated rings. The van der Waals surface area contributed by atoms with Crippen LogP contribution in [0.1, 0.15) is 335 Å². The number of ether oxygens (including phenoxy) is 1. The second-order valence-corrected chi connectivity index (χ2v) is 20.4. The number of esters is 1. The minimum Gasteiger partial charge on any atom is -0.462 e. The van der Waals surface area contributed by atoms with Crippen molar-refractivity contribution in [3.8, 4) is 0 Å². The van der Waals surface area contributed by atoms with Gasteiger partial charge in [-0.1, -0.05) is 297 Å². The number of aliphatic hydroxyl groups excluding tert-OH is 2. The van der Waals surface area contributed by atoms with Crippen molar-refractivity contribution in [3.05, 3.63) is 0 Å². The summed E-state index contributed by atoms with van der Waals surface area (Å²) in [4.78, 5) is 26.3. The predicted molar refractivity (Wildman–Crippen MR) is 278 cm³/mol. The molecular formula is C58H115NO5. The quantitative estimate of drug-likeness (QED) is 0.0417. The van der Waals surface area contributed by atoms with E-state index in [9.17, 15) is 19.8 Å². The van der Waals surface area contributed by atoms with Gasteiger partial charge in [0.05, 0.1) is 25.2 Å². The Kier molecular flexibility index (Phi) is 51.9. The van der Waals surface area contributed by atoms with Crippen LogP contribution in [0.3, 0.4) is 0 Å². The van der Waals surface area contributed by atoms with Crippen molar-refractivity contribution in [2.75, 3.05) is 6.61 Å². The summed E-state index contributed by atoms with van der Waals surface area (Å²) in [6, 6.07) is -0.693. The van der Waals surface area contributed by atoms with Gasteiger partial charge in [-0.2, -0.15) is 0 Å². The van der Waals surface area contributed by atoms with Crippen LogP contribution in [0, 0.1) is 0 Å². The second-order valence-electron chi connectivity index (χ2n) is 20.4. The SMILES string of the molecule is CCCCCCCCCCCCCCCCCCCC(CC(=O)NC(CO)C(O)CCCCCCCCCCCCCCC)OC(=O)CCCCCCCCCCCCCCCCC. The molecule has 6 nitrogen and oxygen atoms in total. The van der Waals surface area contributed by atoms with Crippen LogP contribution in [0.5, 0.6) is 0 Å². The van der Waals surface area contributed by atoms with Crippen LogP contribution >= 0.6 is 0 Å². The van der Waals surface area contributed by atoms with E-state index in [0.717, 1.165) is 38.5 Å². The Morgan fingerprint density at radius 3 is 0.953 bits per heavy atom. The lowest BCUT2D eigenvalue weighted by atomic mass is 10.0. The Morgan fingerprint density at radius 2 is 0.656 bits per heavy atom. The zero-order chi connectivity index (χ0) is 46.7. The van der Waals surface area contributed by atoms with Crippen LogP contribution < -0.4 is 5.32 Å². The fourth-order valence-electron chi connectivity index (χ4n) is 9.49. The van der Waals surface area contributed by atoms with E-state index in [0.29, 0.717) is 19.3 Å². The van der Waals surface area contributed by atoms with Crippen LogP contribution in [-0.2, 0) is 14.3 Å². The molecule has 0 rings (SSSR count). The lowest BCUT2D eigenvalue weighted by Crippen LogP contribution is -2.46. The highest BCUT2D eigenvalue weighted by molar-refractivity contribution is 5.77. The molecule has 0 saturated heterocycles. The molecule has 0 aliphatic carbocycles. The number of carbonyl (C=O) groups excluding carboxylic acids is 2. The molecule has 64 heavy (non-hydrogen) atoms. The molecule has 382 valence electrons. The van der Waals surface area contributed by atoms with Gasteiger partial charge in [-0.05, 0) is 25.7 Å². The Morgan fingerprint density at radius 1 is 0.391 bits per heavy atom. The largest absolute Gasteiger partial charge is 0.462 e. The van der Waals surface area contributed by atoms with Gasteiger partial charge < -0.3 is 20.3 Å². The molecule has 3 atom stereocenters. The maximum Gasteiger partial charge on any atom is 0.306 e. The average Bonchev–Trinajstić information content (AvgIpc) is 3.29. The van der Waals surface area contributed by atoms with Crippen LogP contribution in [-0.4, -0.2) is 46.9 Å². The minimum atomic E-state index is -0.780. The highest BCUT2D eigenvalue weighted by Crippen LogP contribution is 2.19.